The number of aromatic nitrogens is 1. The van der Waals surface area contributed by atoms with E-state index in [0.29, 0.717) is 25.0 Å². The van der Waals surface area contributed by atoms with Crippen LogP contribution in [0.25, 0.3) is 0 Å². The zero-order chi connectivity index (χ0) is 14.6. The Kier molecular flexibility index (Phi) is 5.12. The first-order chi connectivity index (χ1) is 9.50. The number of hydrogen-bond donors (Lipinski definition) is 1. The van der Waals surface area contributed by atoms with E-state index in [1.807, 2.05) is 12.1 Å². The molecule has 5 nitrogen and oxygen atoms in total. The summed E-state index contributed by atoms with van der Waals surface area (Å²) in [5.41, 5.74) is 1.21. The maximum absolute atomic E-state index is 11.6. The summed E-state index contributed by atoms with van der Waals surface area (Å²) in [4.78, 5) is 4.01. The second-order valence-electron chi connectivity index (χ2n) is 5.42. The maximum atomic E-state index is 11.6. The highest BCUT2D eigenvalue weighted by atomic mass is 32.2. The molecule has 2 rings (SSSR count). The summed E-state index contributed by atoms with van der Waals surface area (Å²) in [7, 11) is -3.06. The smallest absolute Gasteiger partial charge is 0.211 e. The fourth-order valence-corrected chi connectivity index (χ4v) is 3.63. The molecule has 0 aromatic carbocycles. The number of pyridine rings is 1. The summed E-state index contributed by atoms with van der Waals surface area (Å²) in [5.74, 6) is 0.375. The molecular weight excluding hydrogens is 274 g/mol. The van der Waals surface area contributed by atoms with Gasteiger partial charge in [0.1, 0.15) is 0 Å². The predicted octanol–water partition coefficient (Wildman–Crippen LogP) is 1.23. The Balaban J connectivity index is 1.93. The van der Waals surface area contributed by atoms with Gasteiger partial charge >= 0.3 is 0 Å². The van der Waals surface area contributed by atoms with Crippen LogP contribution in [-0.4, -0.2) is 43.1 Å². The molecule has 1 saturated heterocycles. The highest BCUT2D eigenvalue weighted by molar-refractivity contribution is 7.88. The molecule has 0 aliphatic carbocycles. The van der Waals surface area contributed by atoms with Crippen molar-refractivity contribution in [2.45, 2.75) is 32.4 Å². The van der Waals surface area contributed by atoms with Gasteiger partial charge in [-0.3, -0.25) is 4.98 Å². The van der Waals surface area contributed by atoms with E-state index in [1.54, 1.807) is 16.7 Å². The Hall–Kier alpha value is -0.980. The van der Waals surface area contributed by atoms with Crippen molar-refractivity contribution in [2.75, 3.05) is 19.3 Å². The van der Waals surface area contributed by atoms with Crippen molar-refractivity contribution in [3.63, 3.8) is 0 Å². The third-order valence-corrected chi connectivity index (χ3v) is 5.28. The fraction of sp³-hybridized carbons (Fsp3) is 0.643. The second-order valence-corrected chi connectivity index (χ2v) is 7.40. The van der Waals surface area contributed by atoms with Crippen molar-refractivity contribution in [1.82, 2.24) is 14.6 Å². The summed E-state index contributed by atoms with van der Waals surface area (Å²) in [6.07, 6.45) is 6.74. The monoisotopic (exact) mass is 297 g/mol. The Morgan fingerprint density at radius 1 is 1.40 bits per heavy atom. The average molecular weight is 297 g/mol. The van der Waals surface area contributed by atoms with Crippen LogP contribution >= 0.6 is 0 Å². The Morgan fingerprint density at radius 3 is 2.70 bits per heavy atom. The van der Waals surface area contributed by atoms with Gasteiger partial charge in [0.2, 0.25) is 10.0 Å². The van der Waals surface area contributed by atoms with Gasteiger partial charge in [0, 0.05) is 38.1 Å². The molecule has 2 unspecified atom stereocenters. The molecule has 0 saturated carbocycles. The second kappa shape index (κ2) is 6.65. The van der Waals surface area contributed by atoms with E-state index >= 15 is 0 Å². The number of sulfonamides is 1. The highest BCUT2D eigenvalue weighted by Gasteiger charge is 2.31. The molecule has 0 spiro atoms. The van der Waals surface area contributed by atoms with Crippen LogP contribution in [0.2, 0.25) is 0 Å². The zero-order valence-electron chi connectivity index (χ0n) is 12.1. The lowest BCUT2D eigenvalue weighted by Crippen LogP contribution is -2.50. The molecule has 1 aliphatic heterocycles. The Labute approximate surface area is 121 Å². The highest BCUT2D eigenvalue weighted by Crippen LogP contribution is 2.22. The summed E-state index contributed by atoms with van der Waals surface area (Å²) < 4.78 is 24.9. The van der Waals surface area contributed by atoms with Gasteiger partial charge in [0.05, 0.1) is 6.26 Å². The van der Waals surface area contributed by atoms with Gasteiger partial charge in [-0.25, -0.2) is 12.7 Å². The molecule has 0 bridgehead atoms. The predicted molar refractivity (Wildman–Crippen MR) is 79.7 cm³/mol. The SMILES string of the molecule is CCC1CN(S(C)(=O)=O)CCC1NCc1ccncc1. The summed E-state index contributed by atoms with van der Waals surface area (Å²) in [5, 5.41) is 3.56. The van der Waals surface area contributed by atoms with Gasteiger partial charge in [-0.1, -0.05) is 13.3 Å². The molecule has 2 heterocycles. The average Bonchev–Trinajstić information content (AvgIpc) is 2.45. The number of piperidine rings is 1. The number of nitrogens with zero attached hydrogens (tertiary/aromatic N) is 2. The topological polar surface area (TPSA) is 62.3 Å². The maximum Gasteiger partial charge on any atom is 0.211 e. The third kappa shape index (κ3) is 4.01. The Morgan fingerprint density at radius 2 is 2.10 bits per heavy atom. The van der Waals surface area contributed by atoms with Gasteiger partial charge in [-0.15, -0.1) is 0 Å². The molecule has 1 aromatic rings. The lowest BCUT2D eigenvalue weighted by molar-refractivity contribution is 0.202. The van der Waals surface area contributed by atoms with E-state index in [9.17, 15) is 8.42 Å². The quantitative estimate of drug-likeness (QED) is 0.888. The third-order valence-electron chi connectivity index (χ3n) is 4.01. The molecule has 2 atom stereocenters. The van der Waals surface area contributed by atoms with Gasteiger partial charge in [0.25, 0.3) is 0 Å². The minimum atomic E-state index is -3.06. The molecule has 1 aliphatic rings. The summed E-state index contributed by atoms with van der Waals surface area (Å²) in [6.45, 7) is 4.17. The minimum Gasteiger partial charge on any atom is -0.310 e. The molecule has 0 amide bonds. The van der Waals surface area contributed by atoms with Crippen molar-refractivity contribution < 1.29 is 8.42 Å². The van der Waals surface area contributed by atoms with Crippen LogP contribution in [0.15, 0.2) is 24.5 Å². The lowest BCUT2D eigenvalue weighted by Gasteiger charge is -2.37. The van der Waals surface area contributed by atoms with Crippen LogP contribution in [0.5, 0.6) is 0 Å². The van der Waals surface area contributed by atoms with Crippen molar-refractivity contribution >= 4 is 10.0 Å². The van der Waals surface area contributed by atoms with Crippen molar-refractivity contribution in [3.8, 4) is 0 Å². The van der Waals surface area contributed by atoms with Gasteiger partial charge in [-0.05, 0) is 30.0 Å². The summed E-state index contributed by atoms with van der Waals surface area (Å²) >= 11 is 0. The van der Waals surface area contributed by atoms with Crippen LogP contribution in [0.4, 0.5) is 0 Å². The van der Waals surface area contributed by atoms with Crippen molar-refractivity contribution in [2.24, 2.45) is 5.92 Å². The molecule has 6 heteroatoms. The van der Waals surface area contributed by atoms with Gasteiger partial charge < -0.3 is 5.32 Å². The molecule has 1 aromatic heterocycles. The van der Waals surface area contributed by atoms with Crippen molar-refractivity contribution in [1.29, 1.82) is 0 Å². The first-order valence-electron chi connectivity index (χ1n) is 7.08. The fourth-order valence-electron chi connectivity index (χ4n) is 2.73. The van der Waals surface area contributed by atoms with E-state index < -0.39 is 10.0 Å². The van der Waals surface area contributed by atoms with E-state index in [4.69, 9.17) is 0 Å². The van der Waals surface area contributed by atoms with Crippen LogP contribution in [0.1, 0.15) is 25.3 Å². The molecule has 112 valence electrons. The zero-order valence-corrected chi connectivity index (χ0v) is 12.9. The van der Waals surface area contributed by atoms with E-state index in [-0.39, 0.29) is 0 Å². The molecular formula is C14H23N3O2S. The first-order valence-corrected chi connectivity index (χ1v) is 8.93. The lowest BCUT2D eigenvalue weighted by atomic mass is 9.91. The standard InChI is InChI=1S/C14H23N3O2S/c1-3-13-11-17(20(2,18)19)9-6-14(13)16-10-12-4-7-15-8-5-12/h4-5,7-8,13-14,16H,3,6,9-11H2,1-2H3. The largest absolute Gasteiger partial charge is 0.310 e. The number of rotatable bonds is 5. The van der Waals surface area contributed by atoms with E-state index in [1.165, 1.54) is 11.8 Å². The van der Waals surface area contributed by atoms with Crippen LogP contribution in [0, 0.1) is 5.92 Å². The summed E-state index contributed by atoms with van der Waals surface area (Å²) in [6, 6.07) is 4.38. The van der Waals surface area contributed by atoms with Gasteiger partial charge in [-0.2, -0.15) is 0 Å². The van der Waals surface area contributed by atoms with Crippen LogP contribution in [-0.2, 0) is 16.6 Å². The number of nitrogens with one attached hydrogen (secondary N) is 1. The van der Waals surface area contributed by atoms with Crippen LogP contribution < -0.4 is 5.32 Å². The van der Waals surface area contributed by atoms with E-state index in [0.717, 1.165) is 19.4 Å². The van der Waals surface area contributed by atoms with Crippen molar-refractivity contribution in [3.05, 3.63) is 30.1 Å². The van der Waals surface area contributed by atoms with Gasteiger partial charge in [0.15, 0.2) is 0 Å². The normalized spacial score (nSPS) is 24.7. The van der Waals surface area contributed by atoms with E-state index in [2.05, 4.69) is 17.2 Å². The molecule has 1 N–H and O–H groups in total. The molecule has 20 heavy (non-hydrogen) atoms. The Bertz CT molecular complexity index is 518. The molecule has 1 fully saturated rings. The molecule has 0 radical (unpaired) electrons. The van der Waals surface area contributed by atoms with Crippen LogP contribution in [0.3, 0.4) is 0 Å². The first kappa shape index (κ1) is 15.4. The number of hydrogen-bond acceptors (Lipinski definition) is 4. The minimum absolute atomic E-state index is 0.375.